The average molecular weight is 282 g/mol. The van der Waals surface area contributed by atoms with E-state index in [0.29, 0.717) is 18.4 Å². The van der Waals surface area contributed by atoms with Crippen LogP contribution in [0.15, 0.2) is 0 Å². The first-order valence-electron chi connectivity index (χ1n) is 6.44. The highest BCUT2D eigenvalue weighted by molar-refractivity contribution is 5.80. The zero-order valence-electron chi connectivity index (χ0n) is 12.7. The van der Waals surface area contributed by atoms with Crippen molar-refractivity contribution in [3.8, 4) is 6.01 Å². The Morgan fingerprint density at radius 1 is 1.30 bits per heavy atom. The highest BCUT2D eigenvalue weighted by atomic mass is 16.5. The van der Waals surface area contributed by atoms with Gasteiger partial charge in [-0.15, -0.1) is 0 Å². The third-order valence-corrected chi connectivity index (χ3v) is 2.61. The molecule has 0 radical (unpaired) electrons. The number of nitrogens with one attached hydrogen (secondary N) is 1. The number of methoxy groups -OCH3 is 1. The Morgan fingerprint density at radius 3 is 2.50 bits per heavy atom. The first kappa shape index (κ1) is 15.9. The van der Waals surface area contributed by atoms with E-state index in [1.165, 1.54) is 7.11 Å². The van der Waals surface area contributed by atoms with Crippen LogP contribution < -0.4 is 15.0 Å². The van der Waals surface area contributed by atoms with Crippen LogP contribution in [0.2, 0.25) is 0 Å². The first-order valence-corrected chi connectivity index (χ1v) is 6.44. The van der Waals surface area contributed by atoms with Crippen LogP contribution >= 0.6 is 0 Å². The highest BCUT2D eigenvalue weighted by Gasteiger charge is 2.17. The number of anilines is 2. The molecule has 0 saturated carbocycles. The summed E-state index contributed by atoms with van der Waals surface area (Å²) in [5.41, 5.74) is 0. The Kier molecular flexibility index (Phi) is 5.95. The molecular weight excluding hydrogens is 260 g/mol. The van der Waals surface area contributed by atoms with Crippen molar-refractivity contribution in [2.45, 2.75) is 13.3 Å². The van der Waals surface area contributed by atoms with E-state index in [2.05, 4.69) is 20.3 Å². The van der Waals surface area contributed by atoms with Gasteiger partial charge in [0.25, 0.3) is 0 Å². The van der Waals surface area contributed by atoms with Crippen molar-refractivity contribution in [3.63, 3.8) is 0 Å². The van der Waals surface area contributed by atoms with Gasteiger partial charge < -0.3 is 19.9 Å². The van der Waals surface area contributed by atoms with E-state index >= 15 is 0 Å². The molecule has 112 valence electrons. The van der Waals surface area contributed by atoms with Crippen molar-refractivity contribution in [2.24, 2.45) is 0 Å². The zero-order chi connectivity index (χ0) is 15.1. The minimum absolute atomic E-state index is 0.0103. The van der Waals surface area contributed by atoms with Crippen LogP contribution in [0.25, 0.3) is 0 Å². The molecule has 1 heterocycles. The highest BCUT2D eigenvalue weighted by Crippen LogP contribution is 2.15. The number of ether oxygens (including phenoxy) is 1. The monoisotopic (exact) mass is 282 g/mol. The summed E-state index contributed by atoms with van der Waals surface area (Å²) >= 11 is 0. The smallest absolute Gasteiger partial charge is 0.322 e. The summed E-state index contributed by atoms with van der Waals surface area (Å²) in [5.74, 6) is 0.826. The largest absolute Gasteiger partial charge is 0.467 e. The Morgan fingerprint density at radius 2 is 2.00 bits per heavy atom. The minimum atomic E-state index is -0.0103. The molecule has 1 aromatic rings. The van der Waals surface area contributed by atoms with Crippen LogP contribution in [0.5, 0.6) is 6.01 Å². The molecule has 1 aromatic heterocycles. The number of nitrogens with zero attached hydrogens (tertiary/aromatic N) is 5. The van der Waals surface area contributed by atoms with Crippen molar-refractivity contribution in [1.82, 2.24) is 19.9 Å². The van der Waals surface area contributed by atoms with E-state index in [0.717, 1.165) is 6.42 Å². The molecule has 0 aromatic carbocycles. The fourth-order valence-electron chi connectivity index (χ4n) is 1.51. The lowest BCUT2D eigenvalue weighted by Crippen LogP contribution is -2.38. The van der Waals surface area contributed by atoms with E-state index in [9.17, 15) is 4.79 Å². The summed E-state index contributed by atoms with van der Waals surface area (Å²) in [6.45, 7) is 2.93. The van der Waals surface area contributed by atoms with Gasteiger partial charge in [0.2, 0.25) is 17.8 Å². The summed E-state index contributed by atoms with van der Waals surface area (Å²) in [6.07, 6.45) is 0.879. The van der Waals surface area contributed by atoms with Gasteiger partial charge in [-0.2, -0.15) is 15.0 Å². The number of hydrogen-bond donors (Lipinski definition) is 1. The summed E-state index contributed by atoms with van der Waals surface area (Å²) < 4.78 is 5.05. The summed E-state index contributed by atoms with van der Waals surface area (Å²) in [7, 11) is 6.65. The molecule has 0 fully saturated rings. The predicted octanol–water partition coefficient (Wildman–Crippen LogP) is 0.227. The van der Waals surface area contributed by atoms with Crippen LogP contribution in [0, 0.1) is 0 Å². The average Bonchev–Trinajstić information content (AvgIpc) is 2.45. The molecule has 0 aliphatic heterocycles. The van der Waals surface area contributed by atoms with Gasteiger partial charge in [0.05, 0.1) is 13.7 Å². The van der Waals surface area contributed by atoms with Gasteiger partial charge in [0.1, 0.15) is 0 Å². The summed E-state index contributed by atoms with van der Waals surface area (Å²) in [6, 6.07) is 0.220. The van der Waals surface area contributed by atoms with Crippen LogP contribution in [0.3, 0.4) is 0 Å². The topological polar surface area (TPSA) is 83.5 Å². The predicted molar refractivity (Wildman–Crippen MR) is 77.1 cm³/mol. The third-order valence-electron chi connectivity index (χ3n) is 2.61. The maximum Gasteiger partial charge on any atom is 0.322 e. The lowest BCUT2D eigenvalue weighted by atomic mass is 10.4. The Bertz CT molecular complexity index is 429. The molecule has 20 heavy (non-hydrogen) atoms. The van der Waals surface area contributed by atoms with Crippen molar-refractivity contribution < 1.29 is 9.53 Å². The second-order valence-corrected chi connectivity index (χ2v) is 4.41. The molecule has 1 N–H and O–H groups in total. The zero-order valence-corrected chi connectivity index (χ0v) is 12.7. The Balaban J connectivity index is 3.03. The molecule has 8 heteroatoms. The number of amides is 1. The maximum absolute atomic E-state index is 11.9. The van der Waals surface area contributed by atoms with E-state index < -0.39 is 0 Å². The number of likely N-dealkylation sites (N-methyl/N-ethyl adjacent to an activating group) is 1. The van der Waals surface area contributed by atoms with Crippen LogP contribution in [-0.2, 0) is 4.79 Å². The summed E-state index contributed by atoms with van der Waals surface area (Å²) in [4.78, 5) is 27.8. The maximum atomic E-state index is 11.9. The first-order chi connectivity index (χ1) is 9.51. The lowest BCUT2D eigenvalue weighted by molar-refractivity contribution is -0.127. The molecule has 0 unspecified atom stereocenters. The normalized spacial score (nSPS) is 10.1. The van der Waals surface area contributed by atoms with Gasteiger partial charge in [-0.25, -0.2) is 0 Å². The molecule has 0 aliphatic carbocycles. The van der Waals surface area contributed by atoms with Crippen LogP contribution in [-0.4, -0.2) is 67.1 Å². The van der Waals surface area contributed by atoms with E-state index in [-0.39, 0.29) is 18.5 Å². The number of hydrogen-bond acceptors (Lipinski definition) is 7. The van der Waals surface area contributed by atoms with Crippen LogP contribution in [0.4, 0.5) is 11.9 Å². The van der Waals surface area contributed by atoms with Crippen molar-refractivity contribution >= 4 is 17.8 Å². The SMILES string of the molecule is CCCN(CC(=O)N(C)C)c1nc(NC)nc(OC)n1. The standard InChI is InChI=1S/C12H22N6O2/c1-6-7-18(8-9(19)17(3)4)11-14-10(13-2)15-12(16-11)20-5/h6-8H2,1-5H3,(H,13,14,15,16). The van der Waals surface area contributed by atoms with Gasteiger partial charge in [-0.3, -0.25) is 4.79 Å². The quantitative estimate of drug-likeness (QED) is 0.766. The lowest BCUT2D eigenvalue weighted by Gasteiger charge is -2.23. The molecule has 0 bridgehead atoms. The second-order valence-electron chi connectivity index (χ2n) is 4.41. The van der Waals surface area contributed by atoms with E-state index in [1.807, 2.05) is 11.8 Å². The molecule has 0 aliphatic rings. The van der Waals surface area contributed by atoms with Crippen molar-refractivity contribution in [3.05, 3.63) is 0 Å². The number of carbonyl (C=O) groups is 1. The van der Waals surface area contributed by atoms with Gasteiger partial charge >= 0.3 is 6.01 Å². The molecule has 0 saturated heterocycles. The van der Waals surface area contributed by atoms with Crippen molar-refractivity contribution in [2.75, 3.05) is 51.6 Å². The fraction of sp³-hybridized carbons (Fsp3) is 0.667. The Labute approximate surface area is 119 Å². The van der Waals surface area contributed by atoms with Gasteiger partial charge in [0.15, 0.2) is 0 Å². The molecule has 0 atom stereocenters. The van der Waals surface area contributed by atoms with Gasteiger partial charge in [-0.05, 0) is 6.42 Å². The summed E-state index contributed by atoms with van der Waals surface area (Å²) in [5, 5.41) is 2.85. The molecular formula is C12H22N6O2. The van der Waals surface area contributed by atoms with Crippen LogP contribution in [0.1, 0.15) is 13.3 Å². The molecule has 0 spiro atoms. The molecule has 1 rings (SSSR count). The molecule has 8 nitrogen and oxygen atoms in total. The number of rotatable bonds is 7. The number of aromatic nitrogens is 3. The van der Waals surface area contributed by atoms with Gasteiger partial charge in [0, 0.05) is 27.7 Å². The second kappa shape index (κ2) is 7.46. The molecule has 1 amide bonds. The van der Waals surface area contributed by atoms with Gasteiger partial charge in [-0.1, -0.05) is 6.92 Å². The van der Waals surface area contributed by atoms with Crippen molar-refractivity contribution in [1.29, 1.82) is 0 Å². The fourth-order valence-corrected chi connectivity index (χ4v) is 1.51. The Hall–Kier alpha value is -2.12. The van der Waals surface area contributed by atoms with E-state index in [4.69, 9.17) is 4.74 Å². The third kappa shape index (κ3) is 4.22. The number of carbonyl (C=O) groups excluding carboxylic acids is 1. The minimum Gasteiger partial charge on any atom is -0.467 e. The van der Waals surface area contributed by atoms with E-state index in [1.54, 1.807) is 26.0 Å².